The summed E-state index contributed by atoms with van der Waals surface area (Å²) >= 11 is 0. The summed E-state index contributed by atoms with van der Waals surface area (Å²) in [6, 6.07) is 2.57. The van der Waals surface area contributed by atoms with E-state index in [0.29, 0.717) is 18.9 Å². The zero-order valence-corrected chi connectivity index (χ0v) is 9.81. The van der Waals surface area contributed by atoms with Crippen LogP contribution in [0, 0.1) is 11.3 Å². The lowest BCUT2D eigenvalue weighted by molar-refractivity contribution is -0.174. The van der Waals surface area contributed by atoms with E-state index in [1.54, 1.807) is 6.92 Å². The molecule has 3 nitrogen and oxygen atoms in total. The van der Waals surface area contributed by atoms with E-state index in [1.807, 2.05) is 0 Å². The molecule has 1 atom stereocenters. The van der Waals surface area contributed by atoms with Crippen LogP contribution in [0.15, 0.2) is 0 Å². The second-order valence-corrected chi connectivity index (χ2v) is 4.63. The molecule has 1 aliphatic carbocycles. The van der Waals surface area contributed by atoms with Crippen LogP contribution in [0.4, 0.5) is 13.2 Å². The van der Waals surface area contributed by atoms with E-state index in [2.05, 4.69) is 16.1 Å². The molecule has 0 aromatic heterocycles. The van der Waals surface area contributed by atoms with Crippen LogP contribution in [0.2, 0.25) is 0 Å². The van der Waals surface area contributed by atoms with E-state index in [9.17, 15) is 13.2 Å². The molecule has 1 saturated carbocycles. The lowest BCUT2D eigenvalue weighted by atomic mass is 9.98. The molecule has 1 fully saturated rings. The summed E-state index contributed by atoms with van der Waals surface area (Å²) in [6.07, 6.45) is -1.19. The van der Waals surface area contributed by atoms with Gasteiger partial charge in [-0.1, -0.05) is 0 Å². The van der Waals surface area contributed by atoms with Gasteiger partial charge < -0.3 is 4.74 Å². The van der Waals surface area contributed by atoms with Gasteiger partial charge in [-0.2, -0.15) is 18.4 Å². The Morgan fingerprint density at radius 2 is 2.06 bits per heavy atom. The Bertz CT molecular complexity index is 283. The number of ether oxygens (including phenoxy) is 1. The lowest BCUT2D eigenvalue weighted by Gasteiger charge is -2.23. The van der Waals surface area contributed by atoms with E-state index in [4.69, 9.17) is 5.26 Å². The van der Waals surface area contributed by atoms with E-state index < -0.39 is 18.3 Å². The first-order valence-corrected chi connectivity index (χ1v) is 5.68. The first kappa shape index (κ1) is 14.3. The van der Waals surface area contributed by atoms with Crippen molar-refractivity contribution in [3.63, 3.8) is 0 Å². The Balaban J connectivity index is 2.13. The molecule has 6 heteroatoms. The van der Waals surface area contributed by atoms with Crippen molar-refractivity contribution in [2.45, 2.75) is 50.4 Å². The van der Waals surface area contributed by atoms with Gasteiger partial charge in [0, 0.05) is 12.6 Å². The van der Waals surface area contributed by atoms with Gasteiger partial charge in [-0.05, 0) is 32.6 Å². The number of hydrogen-bond acceptors (Lipinski definition) is 3. The topological polar surface area (TPSA) is 45.0 Å². The van der Waals surface area contributed by atoms with Crippen molar-refractivity contribution in [1.29, 1.82) is 5.26 Å². The summed E-state index contributed by atoms with van der Waals surface area (Å²) in [5.74, 6) is 0. The molecule has 1 rings (SSSR count). The fraction of sp³-hybridized carbons (Fsp3) is 0.909. The van der Waals surface area contributed by atoms with Crippen molar-refractivity contribution in [2.75, 3.05) is 13.2 Å². The van der Waals surface area contributed by atoms with E-state index >= 15 is 0 Å². The zero-order valence-electron chi connectivity index (χ0n) is 9.81. The molecular formula is C11H17F3N2O. The maximum absolute atomic E-state index is 11.8. The fourth-order valence-electron chi connectivity index (χ4n) is 1.55. The predicted octanol–water partition coefficient (Wildman–Crippen LogP) is 2.38. The zero-order chi connectivity index (χ0) is 12.9. The third-order valence-corrected chi connectivity index (χ3v) is 2.58. The highest BCUT2D eigenvalue weighted by Crippen LogP contribution is 2.24. The molecule has 0 spiro atoms. The first-order chi connectivity index (χ1) is 7.85. The largest absolute Gasteiger partial charge is 0.411 e. The summed E-state index contributed by atoms with van der Waals surface area (Å²) in [6.45, 7) is 0.588. The molecule has 98 valence electrons. The average Bonchev–Trinajstić information content (AvgIpc) is 2.99. The van der Waals surface area contributed by atoms with Gasteiger partial charge in [-0.15, -0.1) is 0 Å². The minimum atomic E-state index is -4.27. The summed E-state index contributed by atoms with van der Waals surface area (Å²) < 4.78 is 39.8. The first-order valence-electron chi connectivity index (χ1n) is 5.68. The van der Waals surface area contributed by atoms with Crippen molar-refractivity contribution in [1.82, 2.24) is 5.32 Å². The van der Waals surface area contributed by atoms with E-state index in [0.717, 1.165) is 12.8 Å². The third kappa shape index (κ3) is 6.49. The molecule has 0 radical (unpaired) electrons. The standard InChI is InChI=1S/C11H17F3N2O/c1-10(7-15,16-9-3-4-9)5-2-6-17-8-11(12,13)14/h9,16H,2-6,8H2,1H3. The highest BCUT2D eigenvalue weighted by molar-refractivity contribution is 5.06. The molecule has 0 aromatic carbocycles. The predicted molar refractivity (Wildman–Crippen MR) is 56.3 cm³/mol. The highest BCUT2D eigenvalue weighted by Gasteiger charge is 2.32. The van der Waals surface area contributed by atoms with Gasteiger partial charge >= 0.3 is 6.18 Å². The van der Waals surface area contributed by atoms with Crippen LogP contribution < -0.4 is 5.32 Å². The Labute approximate surface area is 98.9 Å². The summed E-state index contributed by atoms with van der Waals surface area (Å²) in [7, 11) is 0. The second-order valence-electron chi connectivity index (χ2n) is 4.63. The van der Waals surface area contributed by atoms with Crippen molar-refractivity contribution in [2.24, 2.45) is 0 Å². The molecule has 0 amide bonds. The van der Waals surface area contributed by atoms with Crippen LogP contribution in [0.1, 0.15) is 32.6 Å². The average molecular weight is 250 g/mol. The summed E-state index contributed by atoms with van der Waals surface area (Å²) in [4.78, 5) is 0. The Hall–Kier alpha value is -0.800. The quantitative estimate of drug-likeness (QED) is 0.705. The number of nitrogens with one attached hydrogen (secondary N) is 1. The molecule has 0 aromatic rings. The fourth-order valence-corrected chi connectivity index (χ4v) is 1.55. The number of hydrogen-bond donors (Lipinski definition) is 1. The molecule has 1 unspecified atom stereocenters. The van der Waals surface area contributed by atoms with Crippen LogP contribution in [0.25, 0.3) is 0 Å². The Kier molecular flexibility index (Phi) is 4.78. The SMILES string of the molecule is CC(C#N)(CCCOCC(F)(F)F)NC1CC1. The minimum absolute atomic E-state index is 0.0309. The lowest BCUT2D eigenvalue weighted by Crippen LogP contribution is -2.42. The smallest absolute Gasteiger partial charge is 0.372 e. The van der Waals surface area contributed by atoms with Gasteiger partial charge in [-0.3, -0.25) is 5.32 Å². The number of nitrogens with zero attached hydrogens (tertiary/aromatic N) is 1. The van der Waals surface area contributed by atoms with Gasteiger partial charge in [-0.25, -0.2) is 0 Å². The monoisotopic (exact) mass is 250 g/mol. The number of alkyl halides is 3. The van der Waals surface area contributed by atoms with Crippen molar-refractivity contribution in [3.05, 3.63) is 0 Å². The van der Waals surface area contributed by atoms with Crippen LogP contribution in [-0.4, -0.2) is 31.0 Å². The molecule has 0 bridgehead atoms. The van der Waals surface area contributed by atoms with E-state index in [1.165, 1.54) is 0 Å². The molecular weight excluding hydrogens is 233 g/mol. The van der Waals surface area contributed by atoms with Crippen molar-refractivity contribution < 1.29 is 17.9 Å². The van der Waals surface area contributed by atoms with Gasteiger partial charge in [0.25, 0.3) is 0 Å². The molecule has 1 N–H and O–H groups in total. The summed E-state index contributed by atoms with van der Waals surface area (Å²) in [5, 5.41) is 12.2. The van der Waals surface area contributed by atoms with Crippen LogP contribution >= 0.6 is 0 Å². The Morgan fingerprint density at radius 3 is 2.53 bits per heavy atom. The third-order valence-electron chi connectivity index (χ3n) is 2.58. The molecule has 0 aliphatic heterocycles. The molecule has 0 saturated heterocycles. The number of rotatable bonds is 7. The maximum Gasteiger partial charge on any atom is 0.411 e. The molecule has 1 aliphatic rings. The Morgan fingerprint density at radius 1 is 1.41 bits per heavy atom. The minimum Gasteiger partial charge on any atom is -0.372 e. The van der Waals surface area contributed by atoms with Crippen molar-refractivity contribution >= 4 is 0 Å². The number of halogens is 3. The van der Waals surface area contributed by atoms with Crippen LogP contribution in [-0.2, 0) is 4.74 Å². The van der Waals surface area contributed by atoms with Gasteiger partial charge in [0.2, 0.25) is 0 Å². The molecule has 17 heavy (non-hydrogen) atoms. The second kappa shape index (κ2) is 5.69. The van der Waals surface area contributed by atoms with Gasteiger partial charge in [0.1, 0.15) is 12.1 Å². The maximum atomic E-state index is 11.8. The van der Waals surface area contributed by atoms with Gasteiger partial charge in [0.05, 0.1) is 6.07 Å². The number of nitriles is 1. The van der Waals surface area contributed by atoms with Crippen molar-refractivity contribution in [3.8, 4) is 6.07 Å². The highest BCUT2D eigenvalue weighted by atomic mass is 19.4. The van der Waals surface area contributed by atoms with Crippen LogP contribution in [0.3, 0.4) is 0 Å². The van der Waals surface area contributed by atoms with E-state index in [-0.39, 0.29) is 6.61 Å². The van der Waals surface area contributed by atoms with Crippen LogP contribution in [0.5, 0.6) is 0 Å². The molecule has 0 heterocycles. The summed E-state index contributed by atoms with van der Waals surface area (Å²) in [5.41, 5.74) is -0.650. The normalized spacial score (nSPS) is 19.7. The van der Waals surface area contributed by atoms with Gasteiger partial charge in [0.15, 0.2) is 0 Å².